The standard InChI is InChI=1S/C36H48NO16P3/c1-4-47-54(41,42)48-17-8-18-49-55(43,44)51-23-26(24-52-56(45,46)50-22-25(2)3)9-5-6-16-37-36(40)28-11-7-10-27(19-28)35-31-14-12-29(38)20-33(31)53-34-21-30(39)13-15-32(34)35/h7,10-15,19-21,25-26,38H,4-6,8-9,16-18,22-24H2,1-3H3,(H,37,40)(H,41,42)(H,43,44)(H,45,46)/p-3. The summed E-state index contributed by atoms with van der Waals surface area (Å²) in [6.07, 6.45) is 0.951. The van der Waals surface area contributed by atoms with Crippen LogP contribution >= 0.6 is 23.5 Å². The van der Waals surface area contributed by atoms with E-state index >= 15 is 0 Å². The van der Waals surface area contributed by atoms with Crippen molar-refractivity contribution in [2.24, 2.45) is 11.8 Å². The molecule has 2 aromatic carbocycles. The lowest BCUT2D eigenvalue weighted by atomic mass is 9.92. The van der Waals surface area contributed by atoms with E-state index in [0.717, 1.165) is 0 Å². The van der Waals surface area contributed by atoms with Crippen LogP contribution in [-0.4, -0.2) is 57.2 Å². The van der Waals surface area contributed by atoms with Crippen molar-refractivity contribution in [3.8, 4) is 28.2 Å². The van der Waals surface area contributed by atoms with E-state index in [9.17, 15) is 43.1 Å². The first-order chi connectivity index (χ1) is 26.5. The molecule has 1 amide bonds. The number of amides is 1. The summed E-state index contributed by atoms with van der Waals surface area (Å²) in [5.74, 6) is -0.909. The molecule has 0 radical (unpaired) electrons. The maximum Gasteiger partial charge on any atom is 0.267 e. The molecule has 20 heteroatoms. The van der Waals surface area contributed by atoms with E-state index in [4.69, 9.17) is 22.5 Å². The number of phosphoric ester groups is 3. The van der Waals surface area contributed by atoms with Gasteiger partial charge in [0, 0.05) is 46.7 Å². The molecule has 0 saturated heterocycles. The summed E-state index contributed by atoms with van der Waals surface area (Å²) in [6, 6.07) is 16.0. The summed E-state index contributed by atoms with van der Waals surface area (Å²) in [7, 11) is -14.1. The summed E-state index contributed by atoms with van der Waals surface area (Å²) in [5, 5.41) is 13.6. The van der Waals surface area contributed by atoms with Gasteiger partial charge >= 0.3 is 0 Å². The summed E-state index contributed by atoms with van der Waals surface area (Å²) >= 11 is 0. The zero-order valence-electron chi connectivity index (χ0n) is 31.1. The Morgan fingerprint density at radius 2 is 1.46 bits per heavy atom. The number of unbranched alkanes of at least 4 members (excludes halogenated alkanes) is 1. The third kappa shape index (κ3) is 14.6. The predicted octanol–water partition coefficient (Wildman–Crippen LogP) is 5.36. The molecule has 0 saturated carbocycles. The van der Waals surface area contributed by atoms with Crippen LogP contribution in [-0.2, 0) is 40.8 Å². The van der Waals surface area contributed by atoms with Gasteiger partial charge in [0.1, 0.15) is 17.1 Å². The zero-order chi connectivity index (χ0) is 40.9. The van der Waals surface area contributed by atoms with Gasteiger partial charge in [-0.1, -0.05) is 32.4 Å². The molecule has 0 fully saturated rings. The number of benzene rings is 3. The molecule has 4 atom stereocenters. The zero-order valence-corrected chi connectivity index (χ0v) is 33.8. The van der Waals surface area contributed by atoms with Crippen molar-refractivity contribution in [3.05, 3.63) is 76.5 Å². The van der Waals surface area contributed by atoms with Crippen molar-refractivity contribution in [2.75, 3.05) is 46.2 Å². The Balaban J connectivity index is 1.34. The average molecular weight is 841 g/mol. The van der Waals surface area contributed by atoms with Crippen molar-refractivity contribution in [1.82, 2.24) is 5.32 Å². The van der Waals surface area contributed by atoms with Crippen molar-refractivity contribution in [3.63, 3.8) is 0 Å². The number of aromatic hydroxyl groups is 1. The highest BCUT2D eigenvalue weighted by molar-refractivity contribution is 7.46. The maximum absolute atomic E-state index is 13.2. The lowest BCUT2D eigenvalue weighted by molar-refractivity contribution is -0.229. The normalized spacial score (nSPS) is 15.7. The second-order valence-electron chi connectivity index (χ2n) is 13.1. The van der Waals surface area contributed by atoms with Crippen LogP contribution in [0.1, 0.15) is 56.8 Å². The number of hydrogen-bond donors (Lipinski definition) is 2. The van der Waals surface area contributed by atoms with Crippen molar-refractivity contribution >= 4 is 40.3 Å². The lowest BCUT2D eigenvalue weighted by Gasteiger charge is -2.28. The van der Waals surface area contributed by atoms with Crippen LogP contribution in [0.2, 0.25) is 0 Å². The van der Waals surface area contributed by atoms with Crippen LogP contribution in [0.25, 0.3) is 33.4 Å². The molecular formula is C36H45NO16P3-3. The van der Waals surface area contributed by atoms with Gasteiger partial charge in [-0.2, -0.15) is 0 Å². The molecule has 2 aliphatic rings. The topological polar surface area (TPSA) is 255 Å². The van der Waals surface area contributed by atoms with Crippen molar-refractivity contribution in [1.29, 1.82) is 0 Å². The Morgan fingerprint density at radius 1 is 0.804 bits per heavy atom. The highest BCUT2D eigenvalue weighted by Gasteiger charge is 2.21. The maximum atomic E-state index is 13.2. The van der Waals surface area contributed by atoms with Gasteiger partial charge in [-0.3, -0.25) is 23.3 Å². The second-order valence-corrected chi connectivity index (χ2v) is 17.3. The third-order valence-electron chi connectivity index (χ3n) is 7.99. The predicted molar refractivity (Wildman–Crippen MR) is 200 cm³/mol. The van der Waals surface area contributed by atoms with Crippen LogP contribution in [0.3, 0.4) is 0 Å². The summed E-state index contributed by atoms with van der Waals surface area (Å²) in [4.78, 5) is 61.4. The van der Waals surface area contributed by atoms with Crippen LogP contribution in [0.4, 0.5) is 0 Å². The quantitative estimate of drug-likeness (QED) is 0.0512. The molecular weight excluding hydrogens is 795 g/mol. The van der Waals surface area contributed by atoms with Crippen LogP contribution in [0.15, 0.2) is 69.9 Å². The number of carbonyl (C=O) groups excluding carboxylic acids is 1. The number of phenols is 1. The van der Waals surface area contributed by atoms with Gasteiger partial charge in [0.05, 0.1) is 39.6 Å². The minimum atomic E-state index is -4.89. The molecule has 2 aromatic rings. The van der Waals surface area contributed by atoms with Gasteiger partial charge in [-0.25, -0.2) is 0 Å². The first-order valence-electron chi connectivity index (χ1n) is 17.9. The number of carbonyl (C=O) groups is 1. The first kappa shape index (κ1) is 45.4. The van der Waals surface area contributed by atoms with E-state index in [0.29, 0.717) is 51.8 Å². The number of phenolic OH excluding ortho intramolecular Hbond substituents is 1. The van der Waals surface area contributed by atoms with Crippen LogP contribution in [0, 0.1) is 11.8 Å². The lowest BCUT2D eigenvalue weighted by Crippen LogP contribution is -2.25. The second kappa shape index (κ2) is 20.9. The number of nitrogens with one attached hydrogen (secondary N) is 1. The Labute approximate surface area is 324 Å². The van der Waals surface area contributed by atoms with E-state index in [-0.39, 0.29) is 62.2 Å². The van der Waals surface area contributed by atoms with Gasteiger partial charge in [0.2, 0.25) is 0 Å². The Hall–Kier alpha value is -3.27. The number of phosphoric acid groups is 3. The van der Waals surface area contributed by atoms with E-state index in [1.165, 1.54) is 31.2 Å². The third-order valence-corrected chi connectivity index (χ3v) is 11.0. The van der Waals surface area contributed by atoms with Crippen molar-refractivity contribution in [2.45, 2.75) is 46.5 Å². The van der Waals surface area contributed by atoms with Gasteiger partial charge in [0.15, 0.2) is 5.43 Å². The first-order valence-corrected chi connectivity index (χ1v) is 22.2. The molecule has 17 nitrogen and oxygen atoms in total. The molecule has 4 unspecified atom stereocenters. The molecule has 0 aromatic heterocycles. The van der Waals surface area contributed by atoms with E-state index < -0.39 is 49.2 Å². The van der Waals surface area contributed by atoms with Gasteiger partial charge in [-0.15, -0.1) is 0 Å². The fourth-order valence-corrected chi connectivity index (χ4v) is 7.89. The van der Waals surface area contributed by atoms with Crippen LogP contribution < -0.4 is 25.4 Å². The molecule has 1 aliphatic heterocycles. The fourth-order valence-electron chi connectivity index (χ4n) is 5.38. The summed E-state index contributed by atoms with van der Waals surface area (Å²) in [5.41, 5.74) is 2.48. The summed E-state index contributed by atoms with van der Waals surface area (Å²) in [6.45, 7) is 3.19. The monoisotopic (exact) mass is 840 g/mol. The molecule has 0 bridgehead atoms. The number of fused-ring (bicyclic) bond motifs is 2. The van der Waals surface area contributed by atoms with Gasteiger partial charge in [0.25, 0.3) is 29.4 Å². The fraction of sp³-hybridized carbons (Fsp3) is 0.444. The molecule has 4 rings (SSSR count). The largest absolute Gasteiger partial charge is 0.756 e. The average Bonchev–Trinajstić information content (AvgIpc) is 3.13. The van der Waals surface area contributed by atoms with Gasteiger partial charge in [-0.05, 0) is 74.1 Å². The highest BCUT2D eigenvalue weighted by Crippen LogP contribution is 2.43. The Kier molecular flexibility index (Phi) is 17.0. The minimum absolute atomic E-state index is 0.0149. The minimum Gasteiger partial charge on any atom is -0.756 e. The Morgan fingerprint density at radius 3 is 2.14 bits per heavy atom. The van der Waals surface area contributed by atoms with E-state index in [1.54, 1.807) is 44.2 Å². The Bertz CT molecular complexity index is 2090. The molecule has 0 spiro atoms. The molecule has 1 heterocycles. The summed E-state index contributed by atoms with van der Waals surface area (Å²) < 4.78 is 70.7. The van der Waals surface area contributed by atoms with E-state index in [1.807, 2.05) is 6.07 Å². The number of hydrogen-bond acceptors (Lipinski definition) is 16. The molecule has 1 aliphatic carbocycles. The SMILES string of the molecule is CCOP(=O)([O-])OCCCOP(=O)([O-])OCC(CCCCNC(=O)c1cccc(-c2c3ccc(=O)cc-3oc3cc(O)ccc23)c1)COP(=O)([O-])OCC(C)C. The van der Waals surface area contributed by atoms with Crippen LogP contribution in [0.5, 0.6) is 5.75 Å². The smallest absolute Gasteiger partial charge is 0.267 e. The molecule has 2 N–H and O–H groups in total. The molecule has 308 valence electrons. The highest BCUT2D eigenvalue weighted by atomic mass is 31.2. The van der Waals surface area contributed by atoms with E-state index in [2.05, 4.69) is 14.4 Å². The van der Waals surface area contributed by atoms with Gasteiger partial charge < -0.3 is 56.7 Å². The molecule has 56 heavy (non-hydrogen) atoms. The van der Waals surface area contributed by atoms with Crippen molar-refractivity contribution < 1.29 is 69.8 Å². The number of rotatable bonds is 24.